The fourth-order valence-corrected chi connectivity index (χ4v) is 3.96. The first kappa shape index (κ1) is 12.4. The maximum atomic E-state index is 11.8. The zero-order chi connectivity index (χ0) is 13.4. The van der Waals surface area contributed by atoms with Gasteiger partial charge in [0.2, 0.25) is 0 Å². The Bertz CT molecular complexity index is 776. The molecule has 0 saturated carbocycles. The van der Waals surface area contributed by atoms with Crippen LogP contribution in [0.4, 0.5) is 0 Å². The van der Waals surface area contributed by atoms with Crippen molar-refractivity contribution in [2.75, 3.05) is 6.61 Å². The number of carbonyl (C=O) groups excluding carboxylic acids is 1. The molecule has 0 unspecified atom stereocenters. The zero-order valence-corrected chi connectivity index (χ0v) is 12.5. The van der Waals surface area contributed by atoms with Crippen LogP contribution in [-0.4, -0.2) is 32.1 Å². The van der Waals surface area contributed by atoms with E-state index < -0.39 is 0 Å². The summed E-state index contributed by atoms with van der Waals surface area (Å²) in [5.41, 5.74) is 2.20. The Kier molecular flexibility index (Phi) is 3.13. The molecule has 0 spiro atoms. The molecule has 1 aromatic carbocycles. The standard InChI is InChI=1S/C15H13NO2Se/c1-3-18-15(17)13-8-11-7-10-5-4-9(2)6-12(10)16-14(11)19-13/h4-8H,3H2,1-2H3. The Hall–Kier alpha value is -1.64. The molecule has 3 rings (SSSR count). The van der Waals surface area contributed by atoms with Gasteiger partial charge in [-0.3, -0.25) is 0 Å². The molecule has 0 aliphatic rings. The van der Waals surface area contributed by atoms with Crippen molar-refractivity contribution in [1.82, 2.24) is 4.98 Å². The summed E-state index contributed by atoms with van der Waals surface area (Å²) in [7, 11) is 0. The van der Waals surface area contributed by atoms with Gasteiger partial charge in [0, 0.05) is 0 Å². The van der Waals surface area contributed by atoms with Gasteiger partial charge >= 0.3 is 116 Å². The number of carbonyl (C=O) groups is 1. The van der Waals surface area contributed by atoms with Crippen LogP contribution in [0.15, 0.2) is 30.3 Å². The van der Waals surface area contributed by atoms with E-state index in [4.69, 9.17) is 4.74 Å². The molecule has 0 saturated heterocycles. The molecule has 3 aromatic rings. The van der Waals surface area contributed by atoms with Crippen molar-refractivity contribution < 1.29 is 9.53 Å². The molecule has 19 heavy (non-hydrogen) atoms. The van der Waals surface area contributed by atoms with Gasteiger partial charge in [-0.25, -0.2) is 0 Å². The first-order chi connectivity index (χ1) is 9.17. The van der Waals surface area contributed by atoms with Crippen molar-refractivity contribution in [3.05, 3.63) is 40.3 Å². The Morgan fingerprint density at radius 2 is 2.11 bits per heavy atom. The summed E-state index contributed by atoms with van der Waals surface area (Å²) in [6.07, 6.45) is 0. The molecular weight excluding hydrogens is 305 g/mol. The molecule has 0 radical (unpaired) electrons. The number of hydrogen-bond acceptors (Lipinski definition) is 3. The van der Waals surface area contributed by atoms with Gasteiger partial charge in [-0.1, -0.05) is 0 Å². The number of aryl methyl sites for hydroxylation is 1. The summed E-state index contributed by atoms with van der Waals surface area (Å²) in [4.78, 5) is 16.4. The summed E-state index contributed by atoms with van der Waals surface area (Å²) in [6, 6.07) is 10.2. The van der Waals surface area contributed by atoms with Gasteiger partial charge in [-0.05, 0) is 0 Å². The van der Waals surface area contributed by atoms with Gasteiger partial charge in [0.1, 0.15) is 0 Å². The number of pyridine rings is 1. The van der Waals surface area contributed by atoms with Crippen molar-refractivity contribution in [2.45, 2.75) is 13.8 Å². The number of fused-ring (bicyclic) bond motifs is 2. The van der Waals surface area contributed by atoms with E-state index in [9.17, 15) is 4.79 Å². The van der Waals surface area contributed by atoms with Gasteiger partial charge < -0.3 is 0 Å². The number of hydrogen-bond donors (Lipinski definition) is 0. The number of benzene rings is 1. The van der Waals surface area contributed by atoms with Crippen molar-refractivity contribution in [3.63, 3.8) is 0 Å². The molecule has 2 aromatic heterocycles. The van der Waals surface area contributed by atoms with Crippen molar-refractivity contribution in [1.29, 1.82) is 0 Å². The number of nitrogens with zero attached hydrogens (tertiary/aromatic N) is 1. The number of rotatable bonds is 2. The minimum atomic E-state index is -0.208. The van der Waals surface area contributed by atoms with Crippen LogP contribution >= 0.6 is 0 Å². The van der Waals surface area contributed by atoms with E-state index in [2.05, 4.69) is 36.2 Å². The van der Waals surface area contributed by atoms with E-state index in [1.807, 2.05) is 13.0 Å². The summed E-state index contributed by atoms with van der Waals surface area (Å²) in [6.45, 7) is 4.29. The second-order valence-electron chi connectivity index (χ2n) is 4.41. The zero-order valence-electron chi connectivity index (χ0n) is 10.8. The van der Waals surface area contributed by atoms with Crippen LogP contribution in [0, 0.1) is 6.92 Å². The van der Waals surface area contributed by atoms with Crippen LogP contribution in [0.3, 0.4) is 0 Å². The van der Waals surface area contributed by atoms with Gasteiger partial charge in [0.15, 0.2) is 0 Å². The molecule has 0 atom stereocenters. The van der Waals surface area contributed by atoms with Crippen molar-refractivity contribution in [2.24, 2.45) is 0 Å². The fourth-order valence-electron chi connectivity index (χ4n) is 2.04. The summed E-state index contributed by atoms with van der Waals surface area (Å²) >= 11 is -0.0421. The summed E-state index contributed by atoms with van der Waals surface area (Å²) in [5.74, 6) is -0.208. The fraction of sp³-hybridized carbons (Fsp3) is 0.200. The van der Waals surface area contributed by atoms with Crippen molar-refractivity contribution >= 4 is 41.2 Å². The first-order valence-corrected chi connectivity index (χ1v) is 7.87. The van der Waals surface area contributed by atoms with Crippen LogP contribution in [0.1, 0.15) is 21.7 Å². The van der Waals surface area contributed by atoms with E-state index >= 15 is 0 Å². The quantitative estimate of drug-likeness (QED) is 0.539. The van der Waals surface area contributed by atoms with Crippen LogP contribution in [-0.2, 0) is 4.74 Å². The molecule has 4 heteroatoms. The van der Waals surface area contributed by atoms with E-state index in [0.717, 1.165) is 25.1 Å². The predicted octanol–water partition coefficient (Wildman–Crippen LogP) is 2.93. The molecule has 0 fully saturated rings. The maximum absolute atomic E-state index is 11.8. The topological polar surface area (TPSA) is 39.2 Å². The molecule has 0 N–H and O–H groups in total. The van der Waals surface area contributed by atoms with E-state index in [1.165, 1.54) is 5.56 Å². The monoisotopic (exact) mass is 319 g/mol. The van der Waals surface area contributed by atoms with Crippen molar-refractivity contribution in [3.8, 4) is 0 Å². The molecule has 96 valence electrons. The van der Waals surface area contributed by atoms with Crippen LogP contribution in [0.2, 0.25) is 0 Å². The van der Waals surface area contributed by atoms with Gasteiger partial charge in [0.05, 0.1) is 0 Å². The first-order valence-electron chi connectivity index (χ1n) is 6.15. The average Bonchev–Trinajstić information content (AvgIpc) is 2.79. The SMILES string of the molecule is CCOC(=O)c1cc2cc3ccc(C)cc3nc2[se]1. The Labute approximate surface area is 117 Å². The Morgan fingerprint density at radius 1 is 1.26 bits per heavy atom. The molecule has 0 aliphatic heterocycles. The summed E-state index contributed by atoms with van der Waals surface area (Å²) in [5, 5.41) is 2.17. The average molecular weight is 318 g/mol. The second kappa shape index (κ2) is 4.80. The van der Waals surface area contributed by atoms with Crippen LogP contribution in [0.25, 0.3) is 20.7 Å². The third-order valence-electron chi connectivity index (χ3n) is 2.94. The van der Waals surface area contributed by atoms with E-state index in [0.29, 0.717) is 6.61 Å². The second-order valence-corrected chi connectivity index (χ2v) is 6.57. The predicted molar refractivity (Wildman–Crippen MR) is 76.9 cm³/mol. The Balaban J connectivity index is 2.17. The normalized spacial score (nSPS) is 11.1. The molecule has 2 heterocycles. The third-order valence-corrected chi connectivity index (χ3v) is 5.09. The summed E-state index contributed by atoms with van der Waals surface area (Å²) < 4.78 is 6.83. The molecule has 3 nitrogen and oxygen atoms in total. The van der Waals surface area contributed by atoms with Gasteiger partial charge in [0.25, 0.3) is 0 Å². The Morgan fingerprint density at radius 3 is 2.89 bits per heavy atom. The van der Waals surface area contributed by atoms with E-state index in [-0.39, 0.29) is 20.5 Å². The van der Waals surface area contributed by atoms with Gasteiger partial charge in [-0.15, -0.1) is 0 Å². The van der Waals surface area contributed by atoms with Crippen LogP contribution in [0.5, 0.6) is 0 Å². The number of esters is 1. The molecular formula is C15H13NO2Se. The minimum absolute atomic E-state index is 0.0421. The van der Waals surface area contributed by atoms with E-state index in [1.54, 1.807) is 0 Å². The number of aromatic nitrogens is 1. The van der Waals surface area contributed by atoms with Gasteiger partial charge in [-0.2, -0.15) is 0 Å². The van der Waals surface area contributed by atoms with Crippen LogP contribution < -0.4 is 0 Å². The number of ether oxygens (including phenoxy) is 1. The molecule has 0 bridgehead atoms. The molecule has 0 amide bonds. The molecule has 0 aliphatic carbocycles. The third kappa shape index (κ3) is 2.29.